The van der Waals surface area contributed by atoms with Gasteiger partial charge in [0.1, 0.15) is 0 Å². The van der Waals surface area contributed by atoms with Gasteiger partial charge in [-0.25, -0.2) is 19.4 Å². The van der Waals surface area contributed by atoms with Crippen LogP contribution in [0.15, 0.2) is 0 Å². The van der Waals surface area contributed by atoms with E-state index in [4.69, 9.17) is 0 Å². The molecule has 0 aromatic rings. The average Bonchev–Trinajstić information content (AvgIpc) is 1.98. The first-order chi connectivity index (χ1) is 5.45. The summed E-state index contributed by atoms with van der Waals surface area (Å²) in [5, 5.41) is 0. The maximum atomic E-state index is 10.8. The van der Waals surface area contributed by atoms with E-state index < -0.39 is 11.9 Å². The Kier molecular flexibility index (Phi) is 8.72. The summed E-state index contributed by atoms with van der Waals surface area (Å²) in [6.45, 7) is 6.63. The fourth-order valence-corrected chi connectivity index (χ4v) is 0.275. The number of carbonyl (C=O) groups is 2. The van der Waals surface area contributed by atoms with Gasteiger partial charge in [0.2, 0.25) is 0 Å². The minimum atomic E-state index is -0.538. The zero-order valence-electron chi connectivity index (χ0n) is 7.79. The van der Waals surface area contributed by atoms with Crippen LogP contribution in [0.25, 0.3) is 0 Å². The first-order valence-electron chi connectivity index (χ1n) is 3.87. The molecule has 0 amide bonds. The molecule has 0 saturated heterocycles. The molecule has 0 bridgehead atoms. The third-order valence-electron chi connectivity index (χ3n) is 1.15. The van der Waals surface area contributed by atoms with Crippen molar-refractivity contribution in [2.45, 2.75) is 27.7 Å². The van der Waals surface area contributed by atoms with Gasteiger partial charge in [-0.15, -0.1) is 0 Å². The first kappa shape index (κ1) is 15.4. The first-order valence-corrected chi connectivity index (χ1v) is 3.87. The summed E-state index contributed by atoms with van der Waals surface area (Å²) in [5.74, 6) is -1.65. The van der Waals surface area contributed by atoms with Gasteiger partial charge in [-0.1, -0.05) is 27.7 Å². The fourth-order valence-electron chi connectivity index (χ4n) is 0.275. The standard InChI is InChI=1S/C8H14O4.Na.H/c1-5(2)7(9)11-12-8(10)6(3)4;;/h5-6H,1-4H3;;. The van der Waals surface area contributed by atoms with E-state index in [2.05, 4.69) is 9.78 Å². The molecular weight excluding hydrogens is 183 g/mol. The quantitative estimate of drug-likeness (QED) is 0.371. The molecule has 0 aromatic heterocycles. The van der Waals surface area contributed by atoms with Crippen LogP contribution in [-0.2, 0) is 19.4 Å². The predicted molar refractivity (Wildman–Crippen MR) is 49.0 cm³/mol. The molecule has 0 aromatic carbocycles. The van der Waals surface area contributed by atoms with Crippen molar-refractivity contribution in [2.24, 2.45) is 11.8 Å². The van der Waals surface area contributed by atoms with Crippen LogP contribution < -0.4 is 0 Å². The van der Waals surface area contributed by atoms with Crippen LogP contribution in [0.3, 0.4) is 0 Å². The maximum absolute atomic E-state index is 10.8. The molecule has 0 unspecified atom stereocenters. The van der Waals surface area contributed by atoms with Gasteiger partial charge in [0.25, 0.3) is 0 Å². The zero-order chi connectivity index (χ0) is 9.72. The number of hydrogen-bond donors (Lipinski definition) is 0. The van der Waals surface area contributed by atoms with Gasteiger partial charge in [-0.3, -0.25) is 0 Å². The Morgan fingerprint density at radius 3 is 1.23 bits per heavy atom. The molecule has 0 radical (unpaired) electrons. The van der Waals surface area contributed by atoms with E-state index in [1.54, 1.807) is 27.7 Å². The summed E-state index contributed by atoms with van der Waals surface area (Å²) in [5.41, 5.74) is 0. The van der Waals surface area contributed by atoms with Crippen molar-refractivity contribution in [3.05, 3.63) is 0 Å². The molecule has 5 heteroatoms. The zero-order valence-corrected chi connectivity index (χ0v) is 7.79. The summed E-state index contributed by atoms with van der Waals surface area (Å²) in [6, 6.07) is 0. The summed E-state index contributed by atoms with van der Waals surface area (Å²) >= 11 is 0. The Labute approximate surface area is 100 Å². The molecule has 0 saturated carbocycles. The Hall–Kier alpha value is -0.0600. The molecule has 13 heavy (non-hydrogen) atoms. The molecule has 0 aliphatic carbocycles. The van der Waals surface area contributed by atoms with Gasteiger partial charge in [0, 0.05) is 0 Å². The molecule has 0 N–H and O–H groups in total. The monoisotopic (exact) mass is 198 g/mol. The Balaban J connectivity index is 0. The normalized spacial score (nSPS) is 9.38. The third kappa shape index (κ3) is 7.05. The SMILES string of the molecule is CC(C)C(=O)OOC(=O)C(C)C.[NaH]. The molecule has 72 valence electrons. The van der Waals surface area contributed by atoms with Crippen LogP contribution in [0.5, 0.6) is 0 Å². The van der Waals surface area contributed by atoms with E-state index >= 15 is 0 Å². The van der Waals surface area contributed by atoms with Crippen LogP contribution in [0.4, 0.5) is 0 Å². The second-order valence-electron chi connectivity index (χ2n) is 3.11. The summed E-state index contributed by atoms with van der Waals surface area (Å²) < 4.78 is 0. The van der Waals surface area contributed by atoms with Gasteiger partial charge >= 0.3 is 41.5 Å². The van der Waals surface area contributed by atoms with Crippen molar-refractivity contribution < 1.29 is 19.4 Å². The molecule has 4 nitrogen and oxygen atoms in total. The average molecular weight is 198 g/mol. The molecule has 0 atom stereocenters. The Morgan fingerprint density at radius 2 is 1.08 bits per heavy atom. The summed E-state index contributed by atoms with van der Waals surface area (Å²) in [7, 11) is 0. The molecule has 0 heterocycles. The fraction of sp³-hybridized carbons (Fsp3) is 0.750. The van der Waals surface area contributed by atoms with E-state index in [0.29, 0.717) is 0 Å². The Bertz CT molecular complexity index is 157. The van der Waals surface area contributed by atoms with Gasteiger partial charge in [0.05, 0.1) is 11.8 Å². The van der Waals surface area contributed by atoms with Crippen molar-refractivity contribution >= 4 is 41.5 Å². The van der Waals surface area contributed by atoms with Crippen LogP contribution in [0.2, 0.25) is 0 Å². The Morgan fingerprint density at radius 1 is 0.846 bits per heavy atom. The van der Waals surface area contributed by atoms with Crippen molar-refractivity contribution in [3.63, 3.8) is 0 Å². The predicted octanol–water partition coefficient (Wildman–Crippen LogP) is 0.651. The van der Waals surface area contributed by atoms with Crippen LogP contribution >= 0.6 is 0 Å². The van der Waals surface area contributed by atoms with Crippen molar-refractivity contribution in [1.29, 1.82) is 0 Å². The molecule has 0 spiro atoms. The van der Waals surface area contributed by atoms with Crippen molar-refractivity contribution in [2.75, 3.05) is 0 Å². The van der Waals surface area contributed by atoms with Crippen molar-refractivity contribution in [1.82, 2.24) is 0 Å². The van der Waals surface area contributed by atoms with E-state index in [0.717, 1.165) is 0 Å². The van der Waals surface area contributed by atoms with Crippen LogP contribution in [0.1, 0.15) is 27.7 Å². The molecular formula is C8H15NaO4. The van der Waals surface area contributed by atoms with Gasteiger partial charge in [-0.05, 0) is 0 Å². The van der Waals surface area contributed by atoms with E-state index in [1.807, 2.05) is 0 Å². The molecule has 0 aliphatic heterocycles. The topological polar surface area (TPSA) is 52.6 Å². The number of hydrogen-bond acceptors (Lipinski definition) is 4. The van der Waals surface area contributed by atoms with Crippen LogP contribution in [0, 0.1) is 11.8 Å². The summed E-state index contributed by atoms with van der Waals surface area (Å²) in [4.78, 5) is 30.0. The van der Waals surface area contributed by atoms with E-state index in [9.17, 15) is 9.59 Å². The minimum absolute atomic E-state index is 0. The van der Waals surface area contributed by atoms with E-state index in [-0.39, 0.29) is 41.4 Å². The van der Waals surface area contributed by atoms with Crippen LogP contribution in [-0.4, -0.2) is 41.5 Å². The third-order valence-corrected chi connectivity index (χ3v) is 1.15. The second kappa shape index (κ2) is 7.35. The second-order valence-corrected chi connectivity index (χ2v) is 3.11. The van der Waals surface area contributed by atoms with Gasteiger partial charge in [-0.2, -0.15) is 0 Å². The van der Waals surface area contributed by atoms with Gasteiger partial charge < -0.3 is 0 Å². The van der Waals surface area contributed by atoms with Crippen molar-refractivity contribution in [3.8, 4) is 0 Å². The molecule has 0 fully saturated rings. The number of rotatable bonds is 2. The number of carbonyl (C=O) groups excluding carboxylic acids is 2. The molecule has 0 rings (SSSR count). The molecule has 0 aliphatic rings. The van der Waals surface area contributed by atoms with Gasteiger partial charge in [0.15, 0.2) is 0 Å². The van der Waals surface area contributed by atoms with E-state index in [1.165, 1.54) is 0 Å². The summed E-state index contributed by atoms with van der Waals surface area (Å²) in [6.07, 6.45) is 0.